The van der Waals surface area contributed by atoms with Gasteiger partial charge in [-0.05, 0) is 72.0 Å². The van der Waals surface area contributed by atoms with Gasteiger partial charge < -0.3 is 54.7 Å². The number of carbonyl (C=O) groups is 4. The molecule has 50 heavy (non-hydrogen) atoms. The second-order valence-electron chi connectivity index (χ2n) is 11.6. The number of phenolic OH excluding ortho intramolecular Hbond substituents is 5. The number of aliphatic hydroxyl groups is 1. The predicted octanol–water partition coefficient (Wildman–Crippen LogP) is 2.85. The molecule has 15 nitrogen and oxygen atoms in total. The Hall–Kier alpha value is -5.96. The highest BCUT2D eigenvalue weighted by Crippen LogP contribution is 2.37. The van der Waals surface area contributed by atoms with Crippen LogP contribution in [0.15, 0.2) is 60.7 Å². The van der Waals surface area contributed by atoms with Crippen LogP contribution in [0.2, 0.25) is 0 Å². The normalized spacial score (nSPS) is 20.2. The van der Waals surface area contributed by atoms with Crippen molar-refractivity contribution in [3.05, 3.63) is 77.4 Å². The second kappa shape index (κ2) is 16.0. The van der Waals surface area contributed by atoms with E-state index in [-0.39, 0.29) is 48.7 Å². The standard InChI is InChI=1S/C35H36O15/c1-47-27-16-21(4-10-24(27)38)6-12-31(42)49-29-18-35(34(45)46,50-32(43)13-7-20-3-9-23(37)26(40)15-20)17-28(33(29)44)48-30(41)11-5-19-2-8-22(36)25(39)14-19/h2-4,6,8-10,12,14-16,28-29,33,36-40,44H,5,7,11,13,17-18H2,1H3,(H,45,46)/b12-6+/t28-,29-,33-,35-/m1/s1. The summed E-state index contributed by atoms with van der Waals surface area (Å²) in [5.41, 5.74) is -1.10. The number of carboxylic acids is 1. The highest BCUT2D eigenvalue weighted by Gasteiger charge is 2.56. The molecule has 0 aliphatic heterocycles. The van der Waals surface area contributed by atoms with Crippen LogP contribution in [-0.4, -0.2) is 90.6 Å². The molecule has 1 saturated carbocycles. The van der Waals surface area contributed by atoms with E-state index in [1.807, 2.05) is 0 Å². The molecule has 266 valence electrons. The fraction of sp³-hybridized carbons (Fsp3) is 0.314. The number of benzene rings is 3. The third-order valence-corrected chi connectivity index (χ3v) is 8.00. The van der Waals surface area contributed by atoms with Gasteiger partial charge in [0.25, 0.3) is 0 Å². The molecule has 15 heteroatoms. The summed E-state index contributed by atoms with van der Waals surface area (Å²) in [7, 11) is 1.34. The largest absolute Gasteiger partial charge is 0.504 e. The van der Waals surface area contributed by atoms with E-state index in [4.69, 9.17) is 18.9 Å². The molecule has 0 aromatic heterocycles. The minimum Gasteiger partial charge on any atom is -0.504 e. The van der Waals surface area contributed by atoms with Crippen LogP contribution >= 0.6 is 0 Å². The van der Waals surface area contributed by atoms with E-state index in [2.05, 4.69) is 0 Å². The van der Waals surface area contributed by atoms with Gasteiger partial charge in [0, 0.05) is 31.8 Å². The lowest BCUT2D eigenvalue weighted by Crippen LogP contribution is -2.59. The van der Waals surface area contributed by atoms with Crippen LogP contribution < -0.4 is 4.74 Å². The first-order valence-electron chi connectivity index (χ1n) is 15.3. The number of aryl methyl sites for hydroxylation is 2. The van der Waals surface area contributed by atoms with Crippen molar-refractivity contribution in [2.24, 2.45) is 0 Å². The summed E-state index contributed by atoms with van der Waals surface area (Å²) in [5, 5.41) is 69.8. The molecule has 0 saturated heterocycles. The maximum atomic E-state index is 13.0. The minimum atomic E-state index is -2.42. The lowest BCUT2D eigenvalue weighted by molar-refractivity contribution is -0.215. The number of aromatic hydroxyl groups is 5. The quantitative estimate of drug-likeness (QED) is 0.0588. The van der Waals surface area contributed by atoms with E-state index < -0.39 is 72.1 Å². The lowest BCUT2D eigenvalue weighted by atomic mass is 9.79. The molecule has 4 rings (SSSR count). The van der Waals surface area contributed by atoms with E-state index >= 15 is 0 Å². The average Bonchev–Trinajstić information content (AvgIpc) is 3.07. The van der Waals surface area contributed by atoms with Crippen LogP contribution in [0.25, 0.3) is 6.08 Å². The van der Waals surface area contributed by atoms with E-state index in [0.717, 1.165) is 6.08 Å². The second-order valence-corrected chi connectivity index (χ2v) is 11.6. The molecule has 1 fully saturated rings. The van der Waals surface area contributed by atoms with Crippen LogP contribution in [0.5, 0.6) is 34.5 Å². The number of methoxy groups -OCH3 is 1. The number of esters is 3. The van der Waals surface area contributed by atoms with E-state index in [1.54, 1.807) is 0 Å². The van der Waals surface area contributed by atoms with Crippen molar-refractivity contribution in [1.82, 2.24) is 0 Å². The number of hydrogen-bond donors (Lipinski definition) is 7. The van der Waals surface area contributed by atoms with Gasteiger partial charge in [-0.2, -0.15) is 0 Å². The van der Waals surface area contributed by atoms with Gasteiger partial charge in [-0.3, -0.25) is 9.59 Å². The summed E-state index contributed by atoms with van der Waals surface area (Å²) >= 11 is 0. The first kappa shape index (κ1) is 36.9. The Morgan fingerprint density at radius 2 is 1.28 bits per heavy atom. The highest BCUT2D eigenvalue weighted by molar-refractivity contribution is 5.87. The summed E-state index contributed by atoms with van der Waals surface area (Å²) in [4.78, 5) is 51.4. The number of carboxylic acid groups (broad SMARTS) is 1. The Bertz CT molecular complexity index is 1770. The van der Waals surface area contributed by atoms with Crippen molar-refractivity contribution in [3.63, 3.8) is 0 Å². The highest BCUT2D eigenvalue weighted by atomic mass is 16.6. The van der Waals surface area contributed by atoms with Crippen LogP contribution in [0.4, 0.5) is 0 Å². The number of carbonyl (C=O) groups excluding carboxylic acids is 3. The molecule has 7 N–H and O–H groups in total. The Balaban J connectivity index is 1.53. The zero-order chi connectivity index (χ0) is 36.6. The Morgan fingerprint density at radius 3 is 1.82 bits per heavy atom. The molecule has 0 bridgehead atoms. The molecule has 0 unspecified atom stereocenters. The zero-order valence-electron chi connectivity index (χ0n) is 26.7. The van der Waals surface area contributed by atoms with Crippen molar-refractivity contribution in [3.8, 4) is 34.5 Å². The SMILES string of the molecule is COc1cc(/C=C/C(=O)O[C@@H]2C[C@@](OC(=O)CCc3ccc(O)c(O)c3)(C(=O)O)C[C@@H](OC(=O)CCc3ccc(O)c(O)c3)[C@H]2O)ccc1O. The van der Waals surface area contributed by atoms with Crippen LogP contribution in [0.3, 0.4) is 0 Å². The monoisotopic (exact) mass is 696 g/mol. The van der Waals surface area contributed by atoms with Crippen molar-refractivity contribution in [1.29, 1.82) is 0 Å². The summed E-state index contributed by atoms with van der Waals surface area (Å²) in [6.45, 7) is 0. The average molecular weight is 697 g/mol. The number of ether oxygens (including phenoxy) is 4. The predicted molar refractivity (Wildman–Crippen MR) is 171 cm³/mol. The maximum absolute atomic E-state index is 13.0. The Kier molecular flexibility index (Phi) is 11.8. The van der Waals surface area contributed by atoms with E-state index in [0.29, 0.717) is 16.7 Å². The molecule has 0 amide bonds. The zero-order valence-corrected chi connectivity index (χ0v) is 26.7. The van der Waals surface area contributed by atoms with Gasteiger partial charge in [-0.15, -0.1) is 0 Å². The van der Waals surface area contributed by atoms with Crippen LogP contribution in [0.1, 0.15) is 42.4 Å². The molecular weight excluding hydrogens is 660 g/mol. The van der Waals surface area contributed by atoms with Crippen molar-refractivity contribution >= 4 is 30.0 Å². The third-order valence-electron chi connectivity index (χ3n) is 8.00. The summed E-state index contributed by atoms with van der Waals surface area (Å²) in [6, 6.07) is 12.0. The number of hydrogen-bond acceptors (Lipinski definition) is 14. The minimum absolute atomic E-state index is 0.0124. The van der Waals surface area contributed by atoms with Gasteiger partial charge in [-0.1, -0.05) is 18.2 Å². The van der Waals surface area contributed by atoms with E-state index in [1.165, 1.54) is 67.8 Å². The van der Waals surface area contributed by atoms with Gasteiger partial charge in [0.15, 0.2) is 34.5 Å². The first-order chi connectivity index (χ1) is 23.7. The molecular formula is C35H36O15. The van der Waals surface area contributed by atoms with Gasteiger partial charge >= 0.3 is 23.9 Å². The molecule has 4 atom stereocenters. The van der Waals surface area contributed by atoms with Gasteiger partial charge in [0.2, 0.25) is 5.60 Å². The van der Waals surface area contributed by atoms with Gasteiger partial charge in [-0.25, -0.2) is 9.59 Å². The summed E-state index contributed by atoms with van der Waals surface area (Å²) < 4.78 is 21.3. The number of aliphatic carboxylic acids is 1. The summed E-state index contributed by atoms with van der Waals surface area (Å²) in [6.07, 6.45) is -4.76. The fourth-order valence-electron chi connectivity index (χ4n) is 5.33. The summed E-state index contributed by atoms with van der Waals surface area (Å²) in [5.74, 6) is -6.15. The van der Waals surface area contributed by atoms with Gasteiger partial charge in [0.05, 0.1) is 7.11 Å². The Labute approximate surface area is 285 Å². The van der Waals surface area contributed by atoms with Crippen LogP contribution in [0, 0.1) is 0 Å². The molecule has 1 aliphatic carbocycles. The molecule has 3 aromatic carbocycles. The van der Waals surface area contributed by atoms with Crippen molar-refractivity contribution in [2.45, 2.75) is 62.4 Å². The fourth-order valence-corrected chi connectivity index (χ4v) is 5.33. The van der Waals surface area contributed by atoms with Crippen LogP contribution in [-0.2, 0) is 46.2 Å². The topological polar surface area (TPSA) is 247 Å². The lowest BCUT2D eigenvalue weighted by Gasteiger charge is -2.42. The molecule has 1 aliphatic rings. The molecule has 0 heterocycles. The first-order valence-corrected chi connectivity index (χ1v) is 15.3. The number of aliphatic hydroxyl groups excluding tert-OH is 1. The maximum Gasteiger partial charge on any atom is 0.348 e. The Morgan fingerprint density at radius 1 is 0.740 bits per heavy atom. The smallest absolute Gasteiger partial charge is 0.348 e. The molecule has 0 spiro atoms. The van der Waals surface area contributed by atoms with Crippen molar-refractivity contribution in [2.75, 3.05) is 7.11 Å². The van der Waals surface area contributed by atoms with Crippen molar-refractivity contribution < 1.29 is 73.9 Å². The number of rotatable bonds is 13. The number of phenols is 5. The molecule has 3 aromatic rings. The van der Waals surface area contributed by atoms with Gasteiger partial charge in [0.1, 0.15) is 18.3 Å². The third kappa shape index (κ3) is 9.35. The van der Waals surface area contributed by atoms with E-state index in [9.17, 15) is 54.9 Å². The molecule has 0 radical (unpaired) electrons.